The van der Waals surface area contributed by atoms with Crippen LogP contribution in [0.15, 0.2) is 0 Å². The van der Waals surface area contributed by atoms with Crippen LogP contribution in [-0.4, -0.2) is 64.5 Å². The van der Waals surface area contributed by atoms with Crippen molar-refractivity contribution in [2.45, 2.75) is 45.2 Å². The Morgan fingerprint density at radius 1 is 1.29 bits per heavy atom. The van der Waals surface area contributed by atoms with Crippen molar-refractivity contribution in [3.8, 4) is 0 Å². The van der Waals surface area contributed by atoms with E-state index < -0.39 is 12.0 Å². The number of carboxylic acid groups (broad SMARTS) is 1. The summed E-state index contributed by atoms with van der Waals surface area (Å²) in [5.74, 6) is -1.04. The lowest BCUT2D eigenvalue weighted by Gasteiger charge is -2.43. The molecule has 0 aromatic carbocycles. The van der Waals surface area contributed by atoms with Crippen LogP contribution in [0.25, 0.3) is 0 Å². The summed E-state index contributed by atoms with van der Waals surface area (Å²) in [5, 5.41) is 11.6. The second kappa shape index (κ2) is 6.32. The Hall–Kier alpha value is -1.79. The third kappa shape index (κ3) is 3.28. The molecular formula is C14H23N3O4. The van der Waals surface area contributed by atoms with Gasteiger partial charge in [0.15, 0.2) is 0 Å². The van der Waals surface area contributed by atoms with Crippen molar-refractivity contribution in [3.63, 3.8) is 0 Å². The number of hydrogen-bond acceptors (Lipinski definition) is 3. The molecule has 2 rings (SSSR count). The van der Waals surface area contributed by atoms with Gasteiger partial charge in [0, 0.05) is 25.7 Å². The summed E-state index contributed by atoms with van der Waals surface area (Å²) in [6.07, 6.45) is 1.68. The Labute approximate surface area is 124 Å². The molecule has 2 aliphatic rings. The Bertz CT molecular complexity index is 440. The molecule has 3 atom stereocenters. The smallest absolute Gasteiger partial charge is 0.321 e. The fourth-order valence-corrected chi connectivity index (χ4v) is 3.08. The molecule has 21 heavy (non-hydrogen) atoms. The normalized spacial score (nSPS) is 30.0. The average Bonchev–Trinajstić information content (AvgIpc) is 2.43. The van der Waals surface area contributed by atoms with Crippen molar-refractivity contribution in [1.29, 1.82) is 0 Å². The standard InChI is InChI=1S/C14H23N3O4/c1-9-4-3-6-16(10(9)2)14(21)17-7-5-15-13(20)11(17)8-12(18)19/h9-11H,3-8H2,1-2H3,(H,15,20)(H,18,19). The summed E-state index contributed by atoms with van der Waals surface area (Å²) in [4.78, 5) is 38.8. The first kappa shape index (κ1) is 15.6. The number of nitrogens with zero attached hydrogens (tertiary/aromatic N) is 2. The van der Waals surface area contributed by atoms with E-state index in [9.17, 15) is 14.4 Å². The van der Waals surface area contributed by atoms with Crippen LogP contribution in [0.5, 0.6) is 0 Å². The van der Waals surface area contributed by atoms with Gasteiger partial charge < -0.3 is 20.2 Å². The molecule has 0 aliphatic carbocycles. The highest BCUT2D eigenvalue weighted by atomic mass is 16.4. The van der Waals surface area contributed by atoms with Crippen LogP contribution in [-0.2, 0) is 9.59 Å². The summed E-state index contributed by atoms with van der Waals surface area (Å²) in [7, 11) is 0. The fourth-order valence-electron chi connectivity index (χ4n) is 3.08. The van der Waals surface area contributed by atoms with E-state index in [4.69, 9.17) is 5.11 Å². The van der Waals surface area contributed by atoms with Crippen LogP contribution in [0.4, 0.5) is 4.79 Å². The topological polar surface area (TPSA) is 90.0 Å². The average molecular weight is 297 g/mol. The first-order valence-electron chi connectivity index (χ1n) is 7.48. The maximum absolute atomic E-state index is 12.7. The lowest BCUT2D eigenvalue weighted by atomic mass is 9.92. The molecule has 2 saturated heterocycles. The summed E-state index contributed by atoms with van der Waals surface area (Å²) in [6, 6.07) is -1.01. The van der Waals surface area contributed by atoms with E-state index in [0.29, 0.717) is 25.6 Å². The number of rotatable bonds is 2. The van der Waals surface area contributed by atoms with Crippen LogP contribution in [0.1, 0.15) is 33.1 Å². The highest BCUT2D eigenvalue weighted by Crippen LogP contribution is 2.25. The van der Waals surface area contributed by atoms with E-state index in [1.165, 1.54) is 4.90 Å². The number of hydrogen-bond donors (Lipinski definition) is 2. The molecule has 3 amide bonds. The summed E-state index contributed by atoms with van der Waals surface area (Å²) < 4.78 is 0. The molecule has 0 radical (unpaired) electrons. The van der Waals surface area contributed by atoms with Gasteiger partial charge in [-0.3, -0.25) is 9.59 Å². The van der Waals surface area contributed by atoms with Gasteiger partial charge in [-0.05, 0) is 25.7 Å². The molecule has 0 aromatic rings. The van der Waals surface area contributed by atoms with Crippen LogP contribution in [0.2, 0.25) is 0 Å². The third-order valence-electron chi connectivity index (χ3n) is 4.56. The SMILES string of the molecule is CC1CCCN(C(=O)N2CCNC(=O)C2CC(=O)O)C1C. The second-order valence-corrected chi connectivity index (χ2v) is 5.93. The van der Waals surface area contributed by atoms with Gasteiger partial charge in [0.1, 0.15) is 6.04 Å². The summed E-state index contributed by atoms with van der Waals surface area (Å²) in [5.41, 5.74) is 0. The molecule has 7 heteroatoms. The fraction of sp³-hybridized carbons (Fsp3) is 0.786. The van der Waals surface area contributed by atoms with Crippen LogP contribution >= 0.6 is 0 Å². The van der Waals surface area contributed by atoms with E-state index >= 15 is 0 Å². The molecule has 118 valence electrons. The van der Waals surface area contributed by atoms with Gasteiger partial charge in [0.05, 0.1) is 6.42 Å². The number of amides is 3. The maximum Gasteiger partial charge on any atom is 0.321 e. The zero-order chi connectivity index (χ0) is 15.6. The van der Waals surface area contributed by atoms with Gasteiger partial charge in [-0.15, -0.1) is 0 Å². The number of nitrogens with one attached hydrogen (secondary N) is 1. The predicted molar refractivity (Wildman–Crippen MR) is 75.7 cm³/mol. The number of carbonyl (C=O) groups is 3. The predicted octanol–water partition coefficient (Wildman–Crippen LogP) is 0.502. The lowest BCUT2D eigenvalue weighted by Crippen LogP contribution is -2.62. The molecule has 0 saturated carbocycles. The molecule has 0 spiro atoms. The van der Waals surface area contributed by atoms with Crippen LogP contribution in [0.3, 0.4) is 0 Å². The Kier molecular flexibility index (Phi) is 4.69. The van der Waals surface area contributed by atoms with Gasteiger partial charge >= 0.3 is 12.0 Å². The minimum absolute atomic E-state index is 0.113. The third-order valence-corrected chi connectivity index (χ3v) is 4.56. The Morgan fingerprint density at radius 2 is 2.00 bits per heavy atom. The number of aliphatic carboxylic acids is 1. The van der Waals surface area contributed by atoms with E-state index in [0.717, 1.165) is 12.8 Å². The number of piperidine rings is 1. The molecule has 2 heterocycles. The van der Waals surface area contributed by atoms with Gasteiger partial charge in [0.25, 0.3) is 0 Å². The number of carbonyl (C=O) groups excluding carboxylic acids is 2. The minimum Gasteiger partial charge on any atom is -0.481 e. The van der Waals surface area contributed by atoms with Crippen molar-refractivity contribution < 1.29 is 19.5 Å². The first-order valence-corrected chi connectivity index (χ1v) is 7.48. The second-order valence-electron chi connectivity index (χ2n) is 5.93. The quantitative estimate of drug-likeness (QED) is 0.776. The molecule has 0 aromatic heterocycles. The Balaban J connectivity index is 2.14. The first-order chi connectivity index (χ1) is 9.91. The van der Waals surface area contributed by atoms with Gasteiger partial charge in [-0.1, -0.05) is 6.92 Å². The number of likely N-dealkylation sites (tertiary alicyclic amines) is 1. The van der Waals surface area contributed by atoms with E-state index in [-0.39, 0.29) is 24.4 Å². The minimum atomic E-state index is -1.07. The maximum atomic E-state index is 12.7. The highest BCUT2D eigenvalue weighted by molar-refractivity contribution is 5.91. The molecule has 2 N–H and O–H groups in total. The van der Waals surface area contributed by atoms with Gasteiger partial charge in [0.2, 0.25) is 5.91 Å². The Morgan fingerprint density at radius 3 is 2.67 bits per heavy atom. The zero-order valence-corrected chi connectivity index (χ0v) is 12.5. The van der Waals surface area contributed by atoms with Crippen molar-refractivity contribution >= 4 is 17.9 Å². The van der Waals surface area contributed by atoms with Crippen molar-refractivity contribution in [2.24, 2.45) is 5.92 Å². The van der Waals surface area contributed by atoms with Crippen LogP contribution < -0.4 is 5.32 Å². The van der Waals surface area contributed by atoms with E-state index in [1.54, 1.807) is 4.90 Å². The lowest BCUT2D eigenvalue weighted by molar-refractivity contribution is -0.142. The van der Waals surface area contributed by atoms with Crippen molar-refractivity contribution in [1.82, 2.24) is 15.1 Å². The van der Waals surface area contributed by atoms with Crippen LogP contribution in [0, 0.1) is 5.92 Å². The summed E-state index contributed by atoms with van der Waals surface area (Å²) in [6.45, 7) is 5.53. The molecule has 3 unspecified atom stereocenters. The number of carboxylic acids is 1. The molecule has 2 aliphatic heterocycles. The van der Waals surface area contributed by atoms with Gasteiger partial charge in [-0.25, -0.2) is 4.79 Å². The van der Waals surface area contributed by atoms with Crippen molar-refractivity contribution in [2.75, 3.05) is 19.6 Å². The van der Waals surface area contributed by atoms with Gasteiger partial charge in [-0.2, -0.15) is 0 Å². The summed E-state index contributed by atoms with van der Waals surface area (Å²) >= 11 is 0. The monoisotopic (exact) mass is 297 g/mol. The molecular weight excluding hydrogens is 274 g/mol. The number of urea groups is 1. The highest BCUT2D eigenvalue weighted by Gasteiger charge is 2.39. The number of piperazine rings is 1. The van der Waals surface area contributed by atoms with E-state index in [1.807, 2.05) is 6.92 Å². The zero-order valence-electron chi connectivity index (χ0n) is 12.5. The van der Waals surface area contributed by atoms with E-state index in [2.05, 4.69) is 12.2 Å². The molecule has 2 fully saturated rings. The largest absolute Gasteiger partial charge is 0.481 e. The van der Waals surface area contributed by atoms with Crippen molar-refractivity contribution in [3.05, 3.63) is 0 Å². The molecule has 0 bridgehead atoms. The molecule has 7 nitrogen and oxygen atoms in total.